The van der Waals surface area contributed by atoms with Crippen LogP contribution < -0.4 is 0 Å². The van der Waals surface area contributed by atoms with E-state index >= 15 is 0 Å². The zero-order chi connectivity index (χ0) is 8.48. The molecule has 1 aliphatic carbocycles. The number of aliphatic hydroxyl groups is 1. The molecule has 0 aromatic heterocycles. The van der Waals surface area contributed by atoms with Crippen molar-refractivity contribution < 1.29 is 15.0 Å². The van der Waals surface area contributed by atoms with Gasteiger partial charge in [-0.05, 0) is 19.8 Å². The summed E-state index contributed by atoms with van der Waals surface area (Å²) in [5.41, 5.74) is 0.00405. The summed E-state index contributed by atoms with van der Waals surface area (Å²) in [7, 11) is 0. The third-order valence-corrected chi connectivity index (χ3v) is 1.92. The molecule has 0 radical (unpaired) electrons. The van der Waals surface area contributed by atoms with Gasteiger partial charge in [-0.25, -0.2) is 0 Å². The molecule has 3 nitrogen and oxygen atoms in total. The van der Waals surface area contributed by atoms with E-state index in [1.165, 1.54) is 0 Å². The van der Waals surface area contributed by atoms with Crippen molar-refractivity contribution in [3.05, 3.63) is 11.6 Å². The maximum Gasteiger partial charge on any atom is 0.306 e. The lowest BCUT2D eigenvalue weighted by Crippen LogP contribution is -2.26. The number of hydrogen-bond donors (Lipinski definition) is 2. The Kier molecular flexibility index (Phi) is 2.00. The van der Waals surface area contributed by atoms with Gasteiger partial charge in [0.05, 0.1) is 12.0 Å². The van der Waals surface area contributed by atoms with Crippen LogP contribution in [0.5, 0.6) is 0 Å². The summed E-state index contributed by atoms with van der Waals surface area (Å²) < 4.78 is 0. The van der Waals surface area contributed by atoms with Gasteiger partial charge in [0, 0.05) is 0 Å². The molecule has 1 aliphatic rings. The molecule has 0 fully saturated rings. The van der Waals surface area contributed by atoms with Crippen molar-refractivity contribution in [3.63, 3.8) is 0 Å². The second kappa shape index (κ2) is 2.66. The molecule has 0 aromatic carbocycles. The zero-order valence-electron chi connectivity index (χ0n) is 6.50. The molecule has 0 aliphatic heterocycles. The normalized spacial score (nSPS) is 30.2. The van der Waals surface area contributed by atoms with Gasteiger partial charge in [-0.3, -0.25) is 4.79 Å². The predicted octanol–water partition coefficient (Wildman–Crippen LogP) is 0.932. The molecular weight excluding hydrogens is 144 g/mol. The second-order valence-corrected chi connectivity index (χ2v) is 3.16. The maximum absolute atomic E-state index is 10.3. The summed E-state index contributed by atoms with van der Waals surface area (Å²) in [6, 6.07) is 0. The first-order valence-electron chi connectivity index (χ1n) is 3.64. The van der Waals surface area contributed by atoms with E-state index in [2.05, 4.69) is 0 Å². The smallest absolute Gasteiger partial charge is 0.306 e. The highest BCUT2D eigenvalue weighted by atomic mass is 16.4. The third-order valence-electron chi connectivity index (χ3n) is 1.92. The van der Waals surface area contributed by atoms with E-state index in [1.54, 1.807) is 6.08 Å². The standard InChI is InChI=1S/C8H12O3/c1-6-2-3-8(11,4-6)5-7(9)10/h4,11H,2-3,5H2,1H3,(H,9,10). The van der Waals surface area contributed by atoms with Crippen LogP contribution in [0.15, 0.2) is 11.6 Å². The monoisotopic (exact) mass is 156 g/mol. The van der Waals surface area contributed by atoms with Crippen LogP contribution in [0.2, 0.25) is 0 Å². The van der Waals surface area contributed by atoms with Crippen molar-refractivity contribution >= 4 is 5.97 Å². The lowest BCUT2D eigenvalue weighted by atomic mass is 10.00. The number of aliphatic carboxylic acids is 1. The van der Waals surface area contributed by atoms with Gasteiger partial charge in [-0.2, -0.15) is 0 Å². The van der Waals surface area contributed by atoms with Crippen molar-refractivity contribution in [3.8, 4) is 0 Å². The molecule has 0 spiro atoms. The third kappa shape index (κ3) is 2.05. The van der Waals surface area contributed by atoms with Crippen LogP contribution in [0.4, 0.5) is 0 Å². The molecule has 0 bridgehead atoms. The highest BCUT2D eigenvalue weighted by Gasteiger charge is 2.31. The quantitative estimate of drug-likeness (QED) is 0.585. The summed E-state index contributed by atoms with van der Waals surface area (Å²) in [6.07, 6.45) is 2.83. The fourth-order valence-corrected chi connectivity index (χ4v) is 1.42. The first kappa shape index (κ1) is 8.27. The largest absolute Gasteiger partial charge is 0.481 e. The number of carboxylic acids is 1. The number of carbonyl (C=O) groups is 1. The van der Waals surface area contributed by atoms with Gasteiger partial charge in [0.1, 0.15) is 0 Å². The van der Waals surface area contributed by atoms with E-state index in [1.807, 2.05) is 6.92 Å². The van der Waals surface area contributed by atoms with Gasteiger partial charge in [-0.15, -0.1) is 0 Å². The summed E-state index contributed by atoms with van der Waals surface area (Å²) in [4.78, 5) is 10.3. The van der Waals surface area contributed by atoms with Gasteiger partial charge in [0.15, 0.2) is 0 Å². The van der Waals surface area contributed by atoms with Crippen molar-refractivity contribution in [1.82, 2.24) is 0 Å². The van der Waals surface area contributed by atoms with Gasteiger partial charge in [0.2, 0.25) is 0 Å². The van der Waals surface area contributed by atoms with Crippen LogP contribution >= 0.6 is 0 Å². The van der Waals surface area contributed by atoms with E-state index in [9.17, 15) is 9.90 Å². The Hall–Kier alpha value is -0.830. The van der Waals surface area contributed by atoms with E-state index < -0.39 is 11.6 Å². The van der Waals surface area contributed by atoms with Crippen LogP contribution in [0.3, 0.4) is 0 Å². The Morgan fingerprint density at radius 2 is 2.45 bits per heavy atom. The van der Waals surface area contributed by atoms with E-state index in [0.29, 0.717) is 6.42 Å². The Balaban J connectivity index is 2.62. The molecule has 11 heavy (non-hydrogen) atoms. The summed E-state index contributed by atoms with van der Waals surface area (Å²) in [6.45, 7) is 1.90. The first-order chi connectivity index (χ1) is 5.02. The van der Waals surface area contributed by atoms with Gasteiger partial charge in [-0.1, -0.05) is 11.6 Å². The molecule has 62 valence electrons. The molecule has 2 N–H and O–H groups in total. The molecule has 0 heterocycles. The van der Waals surface area contributed by atoms with Crippen molar-refractivity contribution in [2.24, 2.45) is 0 Å². The minimum atomic E-state index is -1.07. The Morgan fingerprint density at radius 1 is 1.82 bits per heavy atom. The molecule has 1 rings (SSSR count). The Bertz CT molecular complexity index is 207. The molecule has 1 unspecified atom stereocenters. The fourth-order valence-electron chi connectivity index (χ4n) is 1.42. The average Bonchev–Trinajstić information content (AvgIpc) is 2.08. The van der Waals surface area contributed by atoms with Gasteiger partial charge < -0.3 is 10.2 Å². The van der Waals surface area contributed by atoms with Crippen LogP contribution in [0, 0.1) is 0 Å². The highest BCUT2D eigenvalue weighted by Crippen LogP contribution is 2.30. The highest BCUT2D eigenvalue weighted by molar-refractivity contribution is 5.68. The second-order valence-electron chi connectivity index (χ2n) is 3.16. The van der Waals surface area contributed by atoms with Crippen molar-refractivity contribution in [2.45, 2.75) is 31.8 Å². The molecule has 3 heteroatoms. The number of rotatable bonds is 2. The van der Waals surface area contributed by atoms with Crippen LogP contribution in [-0.4, -0.2) is 21.8 Å². The minimum absolute atomic E-state index is 0.176. The molecule has 0 saturated carbocycles. The molecule has 0 saturated heterocycles. The lowest BCUT2D eigenvalue weighted by molar-refractivity contribution is -0.140. The number of carboxylic acid groups (broad SMARTS) is 1. The number of hydrogen-bond acceptors (Lipinski definition) is 2. The molecular formula is C8H12O3. The fraction of sp³-hybridized carbons (Fsp3) is 0.625. The predicted molar refractivity (Wildman–Crippen MR) is 40.2 cm³/mol. The Morgan fingerprint density at radius 3 is 2.82 bits per heavy atom. The lowest BCUT2D eigenvalue weighted by Gasteiger charge is -2.16. The van der Waals surface area contributed by atoms with Crippen molar-refractivity contribution in [1.29, 1.82) is 0 Å². The van der Waals surface area contributed by atoms with Crippen LogP contribution in [0.25, 0.3) is 0 Å². The summed E-state index contributed by atoms with van der Waals surface area (Å²) in [5, 5.41) is 18.0. The van der Waals surface area contributed by atoms with Gasteiger partial charge >= 0.3 is 5.97 Å². The average molecular weight is 156 g/mol. The molecule has 1 atom stereocenters. The van der Waals surface area contributed by atoms with Crippen LogP contribution in [0.1, 0.15) is 26.2 Å². The topological polar surface area (TPSA) is 57.5 Å². The minimum Gasteiger partial charge on any atom is -0.481 e. The van der Waals surface area contributed by atoms with Crippen LogP contribution in [-0.2, 0) is 4.79 Å². The van der Waals surface area contributed by atoms with Gasteiger partial charge in [0.25, 0.3) is 0 Å². The zero-order valence-corrected chi connectivity index (χ0v) is 6.50. The van der Waals surface area contributed by atoms with E-state index in [0.717, 1.165) is 12.0 Å². The maximum atomic E-state index is 10.3. The summed E-state index contributed by atoms with van der Waals surface area (Å²) >= 11 is 0. The van der Waals surface area contributed by atoms with E-state index in [-0.39, 0.29) is 6.42 Å². The first-order valence-corrected chi connectivity index (χ1v) is 3.64. The van der Waals surface area contributed by atoms with E-state index in [4.69, 9.17) is 5.11 Å². The summed E-state index contributed by atoms with van der Waals surface area (Å²) in [5.74, 6) is -0.946. The molecule has 0 aromatic rings. The SMILES string of the molecule is CC1=CC(O)(CC(=O)O)CC1. The van der Waals surface area contributed by atoms with Crippen molar-refractivity contribution in [2.75, 3.05) is 0 Å². The number of allylic oxidation sites excluding steroid dienone is 1. The molecule has 0 amide bonds. The Labute approximate surface area is 65.3 Å².